The number of aromatic nitrogens is 1. The minimum Gasteiger partial charge on any atom is -0.461 e. The number of ether oxygens (including phenoxy) is 1. The van der Waals surface area contributed by atoms with E-state index in [1.807, 2.05) is 77.4 Å². The van der Waals surface area contributed by atoms with Crippen LogP contribution in [0.15, 0.2) is 77.7 Å². The lowest BCUT2D eigenvalue weighted by atomic mass is 10.00. The van der Waals surface area contributed by atoms with Gasteiger partial charge in [-0.1, -0.05) is 90.2 Å². The largest absolute Gasteiger partial charge is 0.461 e. The van der Waals surface area contributed by atoms with Gasteiger partial charge in [0.05, 0.1) is 11.5 Å². The summed E-state index contributed by atoms with van der Waals surface area (Å²) in [5.41, 5.74) is 5.00. The van der Waals surface area contributed by atoms with Gasteiger partial charge in [0.2, 0.25) is 0 Å². The standard InChI is InChI=1S/C28H21ClN2O3S2/c1-2-34-27(33)25-24(19-11-7-17(8-12-19)15-23-26(32)30-28(35)36-23)21-5-3-4-6-22(21)31(25)16-18-9-13-20(29)14-10-18/h3-15H,2,16H2,1H3,(H,30,32,35)/b23-15+. The molecule has 4 aromatic rings. The van der Waals surface area contributed by atoms with E-state index in [1.54, 1.807) is 13.0 Å². The smallest absolute Gasteiger partial charge is 0.355 e. The Hall–Kier alpha value is -3.39. The third kappa shape index (κ3) is 4.82. The fourth-order valence-electron chi connectivity index (χ4n) is 4.26. The first kappa shape index (κ1) is 24.3. The molecule has 0 unspecified atom stereocenters. The number of benzene rings is 3. The van der Waals surface area contributed by atoms with Crippen molar-refractivity contribution in [2.24, 2.45) is 0 Å². The summed E-state index contributed by atoms with van der Waals surface area (Å²) >= 11 is 12.4. The van der Waals surface area contributed by atoms with Crippen LogP contribution in [0.2, 0.25) is 5.02 Å². The van der Waals surface area contributed by atoms with Crippen LogP contribution >= 0.6 is 35.6 Å². The molecular formula is C28H21ClN2O3S2. The van der Waals surface area contributed by atoms with Crippen molar-refractivity contribution in [3.63, 3.8) is 0 Å². The maximum Gasteiger partial charge on any atom is 0.355 e. The van der Waals surface area contributed by atoms with Crippen molar-refractivity contribution in [3.05, 3.63) is 99.5 Å². The molecule has 1 aliphatic rings. The molecule has 5 rings (SSSR count). The Morgan fingerprint density at radius 1 is 1.08 bits per heavy atom. The van der Waals surface area contributed by atoms with Crippen molar-refractivity contribution in [2.75, 3.05) is 6.61 Å². The molecule has 0 spiro atoms. The number of carbonyl (C=O) groups is 2. The van der Waals surface area contributed by atoms with E-state index in [0.29, 0.717) is 26.5 Å². The van der Waals surface area contributed by atoms with Crippen LogP contribution in [0.1, 0.15) is 28.5 Å². The lowest BCUT2D eigenvalue weighted by Gasteiger charge is -2.12. The first-order valence-electron chi connectivity index (χ1n) is 11.3. The number of amides is 1. The average Bonchev–Trinajstić information content (AvgIpc) is 3.37. The van der Waals surface area contributed by atoms with Gasteiger partial charge in [-0.2, -0.15) is 0 Å². The Bertz CT molecular complexity index is 1520. The highest BCUT2D eigenvalue weighted by atomic mass is 35.5. The lowest BCUT2D eigenvalue weighted by Crippen LogP contribution is -2.17. The van der Waals surface area contributed by atoms with Crippen LogP contribution in [0, 0.1) is 0 Å². The zero-order chi connectivity index (χ0) is 25.2. The Morgan fingerprint density at radius 3 is 2.47 bits per heavy atom. The predicted octanol–water partition coefficient (Wildman–Crippen LogP) is 6.68. The van der Waals surface area contributed by atoms with Crippen LogP contribution in [0.25, 0.3) is 28.1 Å². The number of nitrogens with one attached hydrogen (secondary N) is 1. The Labute approximate surface area is 223 Å². The number of fused-ring (bicyclic) bond motifs is 1. The number of hydrogen-bond donors (Lipinski definition) is 1. The van der Waals surface area contributed by atoms with Gasteiger partial charge in [0.25, 0.3) is 5.91 Å². The second kappa shape index (κ2) is 10.3. The van der Waals surface area contributed by atoms with Gasteiger partial charge in [-0.3, -0.25) is 4.79 Å². The highest BCUT2D eigenvalue weighted by Gasteiger charge is 2.25. The molecule has 0 bridgehead atoms. The van der Waals surface area contributed by atoms with Crippen LogP contribution in [-0.2, 0) is 16.1 Å². The number of para-hydroxylation sites is 1. The van der Waals surface area contributed by atoms with Crippen molar-refractivity contribution in [3.8, 4) is 11.1 Å². The van der Waals surface area contributed by atoms with Gasteiger partial charge in [-0.05, 0) is 47.9 Å². The van der Waals surface area contributed by atoms with Crippen molar-refractivity contribution in [1.29, 1.82) is 0 Å². The molecule has 0 saturated carbocycles. The summed E-state index contributed by atoms with van der Waals surface area (Å²) in [5.74, 6) is -0.569. The molecule has 2 heterocycles. The molecule has 1 N–H and O–H groups in total. The van der Waals surface area contributed by atoms with Crippen LogP contribution < -0.4 is 5.32 Å². The number of hydrogen-bond acceptors (Lipinski definition) is 5. The summed E-state index contributed by atoms with van der Waals surface area (Å²) in [6, 6.07) is 23.3. The Morgan fingerprint density at radius 2 is 1.81 bits per heavy atom. The quantitative estimate of drug-likeness (QED) is 0.170. The number of carbonyl (C=O) groups excluding carboxylic acids is 2. The van der Waals surface area contributed by atoms with E-state index < -0.39 is 0 Å². The molecule has 36 heavy (non-hydrogen) atoms. The topological polar surface area (TPSA) is 60.3 Å². The summed E-state index contributed by atoms with van der Waals surface area (Å²) in [6.45, 7) is 2.56. The van der Waals surface area contributed by atoms with E-state index in [-0.39, 0.29) is 18.5 Å². The number of rotatable bonds is 6. The molecule has 5 nitrogen and oxygen atoms in total. The zero-order valence-electron chi connectivity index (χ0n) is 19.3. The van der Waals surface area contributed by atoms with Crippen molar-refractivity contribution >= 4 is 68.8 Å². The maximum absolute atomic E-state index is 13.3. The second-order valence-corrected chi connectivity index (χ2v) is 10.3. The first-order chi connectivity index (χ1) is 17.4. The van der Waals surface area contributed by atoms with Gasteiger partial charge in [0.15, 0.2) is 0 Å². The SMILES string of the molecule is CCOC(=O)c1c(-c2ccc(/C=C3/SC(=S)NC3=O)cc2)c2ccccc2n1Cc1ccc(Cl)cc1. The van der Waals surface area contributed by atoms with Gasteiger partial charge in [-0.25, -0.2) is 4.79 Å². The summed E-state index contributed by atoms with van der Waals surface area (Å²) in [6.07, 6.45) is 1.80. The molecule has 1 saturated heterocycles. The molecule has 1 fully saturated rings. The molecular weight excluding hydrogens is 512 g/mol. The van der Waals surface area contributed by atoms with E-state index in [2.05, 4.69) is 5.32 Å². The van der Waals surface area contributed by atoms with Gasteiger partial charge < -0.3 is 14.6 Å². The van der Waals surface area contributed by atoms with E-state index >= 15 is 0 Å². The van der Waals surface area contributed by atoms with Crippen LogP contribution in [-0.4, -0.2) is 27.4 Å². The minimum absolute atomic E-state index is 0.191. The van der Waals surface area contributed by atoms with Crippen LogP contribution in [0.5, 0.6) is 0 Å². The normalized spacial score (nSPS) is 14.4. The van der Waals surface area contributed by atoms with Gasteiger partial charge >= 0.3 is 5.97 Å². The molecule has 3 aromatic carbocycles. The van der Waals surface area contributed by atoms with Crippen molar-refractivity contribution in [1.82, 2.24) is 9.88 Å². The van der Waals surface area contributed by atoms with Crippen LogP contribution in [0.3, 0.4) is 0 Å². The fourth-order valence-corrected chi connectivity index (χ4v) is 5.43. The number of halogens is 1. The zero-order valence-corrected chi connectivity index (χ0v) is 21.7. The highest BCUT2D eigenvalue weighted by molar-refractivity contribution is 8.26. The average molecular weight is 533 g/mol. The molecule has 1 aliphatic heterocycles. The van der Waals surface area contributed by atoms with Gasteiger partial charge in [0.1, 0.15) is 10.0 Å². The molecule has 0 aliphatic carbocycles. The van der Waals surface area contributed by atoms with Gasteiger partial charge in [-0.15, -0.1) is 0 Å². The number of thioether (sulfide) groups is 1. The maximum atomic E-state index is 13.3. The summed E-state index contributed by atoms with van der Waals surface area (Å²) in [7, 11) is 0. The lowest BCUT2D eigenvalue weighted by molar-refractivity contribution is -0.115. The predicted molar refractivity (Wildman–Crippen MR) is 150 cm³/mol. The van der Waals surface area contributed by atoms with Crippen LogP contribution in [0.4, 0.5) is 0 Å². The van der Waals surface area contributed by atoms with E-state index in [0.717, 1.165) is 33.2 Å². The third-order valence-electron chi connectivity index (χ3n) is 5.83. The first-order valence-corrected chi connectivity index (χ1v) is 12.9. The fraction of sp³-hybridized carbons (Fsp3) is 0.107. The second-order valence-electron chi connectivity index (χ2n) is 8.15. The Kier molecular flexibility index (Phi) is 6.96. The van der Waals surface area contributed by atoms with Crippen molar-refractivity contribution < 1.29 is 14.3 Å². The van der Waals surface area contributed by atoms with Gasteiger partial charge in [0, 0.05) is 28.0 Å². The molecule has 180 valence electrons. The number of nitrogens with zero attached hydrogens (tertiary/aromatic N) is 1. The molecule has 0 atom stereocenters. The highest BCUT2D eigenvalue weighted by Crippen LogP contribution is 2.37. The molecule has 1 aromatic heterocycles. The molecule has 8 heteroatoms. The van der Waals surface area contributed by atoms with E-state index in [1.165, 1.54) is 11.8 Å². The summed E-state index contributed by atoms with van der Waals surface area (Å²) in [5, 5.41) is 4.24. The van der Waals surface area contributed by atoms with E-state index in [4.69, 9.17) is 28.6 Å². The number of thiocarbonyl (C=S) groups is 1. The van der Waals surface area contributed by atoms with Crippen molar-refractivity contribution in [2.45, 2.75) is 13.5 Å². The number of esters is 1. The third-order valence-corrected chi connectivity index (χ3v) is 7.25. The molecule has 1 amide bonds. The summed E-state index contributed by atoms with van der Waals surface area (Å²) in [4.78, 5) is 25.9. The van der Waals surface area contributed by atoms with E-state index in [9.17, 15) is 9.59 Å². The monoisotopic (exact) mass is 532 g/mol. The summed E-state index contributed by atoms with van der Waals surface area (Å²) < 4.78 is 7.96. The molecule has 0 radical (unpaired) electrons. The Balaban J connectivity index is 1.63. The minimum atomic E-state index is -0.378.